The first-order valence-corrected chi connectivity index (χ1v) is 16.9. The van der Waals surface area contributed by atoms with Gasteiger partial charge in [-0.25, -0.2) is 13.1 Å². The number of nitrogens with zero attached hydrogens (tertiary/aromatic N) is 2. The van der Waals surface area contributed by atoms with Crippen molar-refractivity contribution in [2.45, 2.75) is 91.1 Å². The molecule has 2 saturated heterocycles. The quantitative estimate of drug-likeness (QED) is 0.443. The summed E-state index contributed by atoms with van der Waals surface area (Å²) < 4.78 is 28.6. The molecule has 4 rings (SSSR count). The molecule has 2 heterocycles. The second kappa shape index (κ2) is 13.4. The number of nitrogens with two attached hydrogens (primary N) is 1. The summed E-state index contributed by atoms with van der Waals surface area (Å²) in [6.45, 7) is 12.0. The number of nitrogens with one attached hydrogen (secondary N) is 1. The van der Waals surface area contributed by atoms with Crippen LogP contribution in [0.4, 0.5) is 0 Å². The minimum atomic E-state index is -3.25. The lowest BCUT2D eigenvalue weighted by Crippen LogP contribution is -2.95. The number of allylic oxidation sites excluding steroid dienone is 1. The third-order valence-corrected chi connectivity index (χ3v) is 11.3. The predicted octanol–water partition coefficient (Wildman–Crippen LogP) is 2.95. The van der Waals surface area contributed by atoms with E-state index in [9.17, 15) is 13.2 Å². The summed E-state index contributed by atoms with van der Waals surface area (Å²) in [6.07, 6.45) is 14.0. The number of carbonyl (C=O) groups is 1. The summed E-state index contributed by atoms with van der Waals surface area (Å²) in [5.41, 5.74) is 1.26. The van der Waals surface area contributed by atoms with Crippen LogP contribution in [0.25, 0.3) is 0 Å². The van der Waals surface area contributed by atoms with E-state index in [1.807, 2.05) is 0 Å². The fraction of sp³-hybridized carbons (Fsp3) is 0.897. The topological polar surface area (TPSA) is 86.3 Å². The van der Waals surface area contributed by atoms with Gasteiger partial charge in [-0.1, -0.05) is 44.8 Å². The van der Waals surface area contributed by atoms with E-state index in [2.05, 4.69) is 46.7 Å². The molecule has 0 aromatic carbocycles. The highest BCUT2D eigenvalue weighted by atomic mass is 32.2. The minimum Gasteiger partial charge on any atom is -0.340 e. The molecule has 2 aliphatic carbocycles. The Hall–Kier alpha value is -0.960. The third-order valence-electron chi connectivity index (χ3n) is 9.75. The summed E-state index contributed by atoms with van der Waals surface area (Å²) in [4.78, 5) is 17.9. The van der Waals surface area contributed by atoms with Crippen LogP contribution in [0.3, 0.4) is 0 Å². The predicted molar refractivity (Wildman–Crippen MR) is 149 cm³/mol. The van der Waals surface area contributed by atoms with Gasteiger partial charge in [0.15, 0.2) is 0 Å². The van der Waals surface area contributed by atoms with Gasteiger partial charge in [0.1, 0.15) is 6.17 Å². The Bertz CT molecular complexity index is 870. The van der Waals surface area contributed by atoms with Gasteiger partial charge < -0.3 is 10.2 Å². The van der Waals surface area contributed by atoms with Crippen LogP contribution in [-0.2, 0) is 14.8 Å². The average Bonchev–Trinajstić information content (AvgIpc) is 2.89. The molecule has 3 fully saturated rings. The molecule has 1 saturated carbocycles. The van der Waals surface area contributed by atoms with Gasteiger partial charge in [-0.3, -0.25) is 9.69 Å². The highest BCUT2D eigenvalue weighted by molar-refractivity contribution is 7.89. The monoisotopic (exact) mass is 537 g/mol. The molecule has 8 heteroatoms. The molecule has 37 heavy (non-hydrogen) atoms. The molecule has 0 spiro atoms. The molecule has 0 bridgehead atoms. The second-order valence-corrected chi connectivity index (χ2v) is 14.6. The SMILES string of the molecule is CC1=CC(CNS(=O)(=O)CC2CCCCC2)C(C(C)C)CC1CC(=O)N1CCN(C2CCCC[NH2+]2)CC1. The Labute approximate surface area is 226 Å². The number of carbonyl (C=O) groups excluding carboxylic acids is 1. The van der Waals surface area contributed by atoms with Crippen molar-refractivity contribution in [3.63, 3.8) is 0 Å². The number of rotatable bonds is 9. The van der Waals surface area contributed by atoms with E-state index in [-0.39, 0.29) is 17.6 Å². The molecule has 4 atom stereocenters. The number of piperazine rings is 1. The second-order valence-electron chi connectivity index (χ2n) is 12.8. The summed E-state index contributed by atoms with van der Waals surface area (Å²) >= 11 is 0. The van der Waals surface area contributed by atoms with E-state index in [1.54, 1.807) is 0 Å². The van der Waals surface area contributed by atoms with E-state index < -0.39 is 10.0 Å². The van der Waals surface area contributed by atoms with E-state index in [1.165, 1.54) is 37.8 Å². The van der Waals surface area contributed by atoms with Crippen LogP contribution >= 0.6 is 0 Å². The molecule has 0 radical (unpaired) electrons. The standard InChI is InChI=1S/C29H52N4O3S/c1-22(2)27-18-25(19-29(34)33-15-13-32(14-16-33)28-11-7-8-12-30-28)23(3)17-26(27)20-31-37(35,36)21-24-9-5-4-6-10-24/h17,22,24-28,30-31H,4-16,18-21H2,1-3H3/p+1. The van der Waals surface area contributed by atoms with Gasteiger partial charge in [-0.2, -0.15) is 0 Å². The molecule has 212 valence electrons. The number of sulfonamides is 1. The Balaban J connectivity index is 1.28. The molecule has 7 nitrogen and oxygen atoms in total. The van der Waals surface area contributed by atoms with Crippen LogP contribution in [0, 0.1) is 29.6 Å². The highest BCUT2D eigenvalue weighted by Crippen LogP contribution is 2.39. The van der Waals surface area contributed by atoms with E-state index in [0.717, 1.165) is 58.3 Å². The Morgan fingerprint density at radius 1 is 1.05 bits per heavy atom. The molecule has 1 amide bonds. The number of piperidine rings is 1. The van der Waals surface area contributed by atoms with Crippen LogP contribution in [-0.4, -0.2) is 75.3 Å². The normalized spacial score (nSPS) is 30.9. The van der Waals surface area contributed by atoms with Crippen molar-refractivity contribution in [1.82, 2.24) is 14.5 Å². The summed E-state index contributed by atoms with van der Waals surface area (Å²) in [6, 6.07) is 0. The molecule has 2 aliphatic heterocycles. The zero-order valence-electron chi connectivity index (χ0n) is 23.7. The third kappa shape index (κ3) is 8.26. The molecular weight excluding hydrogens is 484 g/mol. The smallest absolute Gasteiger partial charge is 0.223 e. The molecular formula is C29H53N4O3S+. The summed E-state index contributed by atoms with van der Waals surface area (Å²) in [7, 11) is -3.25. The Morgan fingerprint density at radius 3 is 2.41 bits per heavy atom. The van der Waals surface area contributed by atoms with E-state index >= 15 is 0 Å². The van der Waals surface area contributed by atoms with Gasteiger partial charge in [0, 0.05) is 45.6 Å². The van der Waals surface area contributed by atoms with Crippen molar-refractivity contribution in [3.05, 3.63) is 11.6 Å². The highest BCUT2D eigenvalue weighted by Gasteiger charge is 2.35. The van der Waals surface area contributed by atoms with Crippen molar-refractivity contribution in [2.75, 3.05) is 45.0 Å². The van der Waals surface area contributed by atoms with E-state index in [4.69, 9.17) is 0 Å². The maximum Gasteiger partial charge on any atom is 0.223 e. The fourth-order valence-corrected chi connectivity index (χ4v) is 8.87. The number of hydrogen-bond acceptors (Lipinski definition) is 4. The van der Waals surface area contributed by atoms with Crippen molar-refractivity contribution < 1.29 is 18.5 Å². The largest absolute Gasteiger partial charge is 0.340 e. The van der Waals surface area contributed by atoms with E-state index in [0.29, 0.717) is 42.8 Å². The molecule has 0 aromatic heterocycles. The first kappa shape index (κ1) is 29.0. The zero-order chi connectivity index (χ0) is 26.4. The zero-order valence-corrected chi connectivity index (χ0v) is 24.5. The van der Waals surface area contributed by atoms with Crippen LogP contribution in [0.5, 0.6) is 0 Å². The fourth-order valence-electron chi connectivity index (χ4n) is 7.35. The lowest BCUT2D eigenvalue weighted by atomic mass is 9.70. The minimum absolute atomic E-state index is 0.197. The van der Waals surface area contributed by atoms with Gasteiger partial charge >= 0.3 is 0 Å². The summed E-state index contributed by atoms with van der Waals surface area (Å²) in [5, 5.41) is 2.48. The first-order valence-electron chi connectivity index (χ1n) is 15.2. The lowest BCUT2D eigenvalue weighted by Gasteiger charge is -2.40. The van der Waals surface area contributed by atoms with Crippen molar-refractivity contribution in [2.24, 2.45) is 29.6 Å². The van der Waals surface area contributed by atoms with Gasteiger partial charge in [-0.05, 0) is 68.6 Å². The van der Waals surface area contributed by atoms with Gasteiger partial charge in [0.25, 0.3) is 0 Å². The summed E-state index contributed by atoms with van der Waals surface area (Å²) in [5.74, 6) is 2.18. The number of quaternary nitrogens is 1. The lowest BCUT2D eigenvalue weighted by molar-refractivity contribution is -0.717. The van der Waals surface area contributed by atoms with Gasteiger partial charge in [0.2, 0.25) is 15.9 Å². The van der Waals surface area contributed by atoms with Crippen LogP contribution in [0.2, 0.25) is 0 Å². The van der Waals surface area contributed by atoms with Crippen LogP contribution in [0.15, 0.2) is 11.6 Å². The van der Waals surface area contributed by atoms with Crippen molar-refractivity contribution in [3.8, 4) is 0 Å². The van der Waals surface area contributed by atoms with Gasteiger partial charge in [0.05, 0.1) is 12.3 Å². The maximum atomic E-state index is 13.3. The van der Waals surface area contributed by atoms with Crippen molar-refractivity contribution >= 4 is 15.9 Å². The van der Waals surface area contributed by atoms with Gasteiger partial charge in [-0.15, -0.1) is 0 Å². The number of hydrogen-bond donors (Lipinski definition) is 2. The molecule has 4 unspecified atom stereocenters. The Kier molecular flexibility index (Phi) is 10.5. The Morgan fingerprint density at radius 2 is 1.76 bits per heavy atom. The molecule has 4 aliphatic rings. The number of amides is 1. The molecule has 0 aromatic rings. The van der Waals surface area contributed by atoms with Crippen LogP contribution in [0.1, 0.15) is 85.0 Å². The average molecular weight is 538 g/mol. The van der Waals surface area contributed by atoms with Crippen molar-refractivity contribution in [1.29, 1.82) is 0 Å². The van der Waals surface area contributed by atoms with Crippen LogP contribution < -0.4 is 10.0 Å². The maximum absolute atomic E-state index is 13.3. The first-order chi connectivity index (χ1) is 17.7. The molecule has 3 N–H and O–H groups in total.